The molecule has 0 spiro atoms. The molecule has 1 aromatic carbocycles. The first-order chi connectivity index (χ1) is 11.2. The second-order valence-electron chi connectivity index (χ2n) is 5.77. The zero-order chi connectivity index (χ0) is 16.2. The summed E-state index contributed by atoms with van der Waals surface area (Å²) in [5.41, 5.74) is 1.90. The molecule has 0 fully saturated rings. The van der Waals surface area contributed by atoms with E-state index in [0.717, 1.165) is 23.3 Å². The summed E-state index contributed by atoms with van der Waals surface area (Å²) in [6.45, 7) is 4.44. The zero-order valence-corrected chi connectivity index (χ0v) is 13.4. The van der Waals surface area contributed by atoms with Crippen molar-refractivity contribution >= 4 is 16.9 Å². The largest absolute Gasteiger partial charge is 0.344 e. The van der Waals surface area contributed by atoms with Gasteiger partial charge in [0.05, 0.1) is 17.1 Å². The maximum absolute atomic E-state index is 12.3. The third-order valence-corrected chi connectivity index (χ3v) is 4.10. The minimum atomic E-state index is -0.143. The molecule has 0 bridgehead atoms. The Morgan fingerprint density at radius 1 is 1.35 bits per heavy atom. The normalized spacial score (nSPS) is 13.8. The number of para-hydroxylation sites is 2. The molecule has 2 N–H and O–H groups in total. The maximum Gasteiger partial charge on any atom is 0.242 e. The fourth-order valence-corrected chi connectivity index (χ4v) is 2.60. The number of carbonyl (C=O) groups is 1. The second kappa shape index (κ2) is 6.64. The van der Waals surface area contributed by atoms with Gasteiger partial charge in [-0.05, 0) is 24.1 Å². The Balaban J connectivity index is 1.81. The van der Waals surface area contributed by atoms with Crippen LogP contribution >= 0.6 is 0 Å². The van der Waals surface area contributed by atoms with E-state index in [9.17, 15) is 4.79 Å². The quantitative estimate of drug-likeness (QED) is 0.735. The number of amides is 1. The van der Waals surface area contributed by atoms with E-state index in [1.807, 2.05) is 24.3 Å². The van der Waals surface area contributed by atoms with Crippen LogP contribution in [0.2, 0.25) is 0 Å². The summed E-state index contributed by atoms with van der Waals surface area (Å²) in [5, 5.41) is 7.16. The molecule has 3 rings (SSSR count). The number of aromatic nitrogens is 4. The minimum absolute atomic E-state index is 0.0699. The highest BCUT2D eigenvalue weighted by atomic mass is 16.2. The van der Waals surface area contributed by atoms with E-state index in [4.69, 9.17) is 0 Å². The van der Waals surface area contributed by atoms with Crippen molar-refractivity contribution < 1.29 is 4.79 Å². The number of rotatable bonds is 6. The predicted octanol–water partition coefficient (Wildman–Crippen LogP) is 2.66. The van der Waals surface area contributed by atoms with Crippen molar-refractivity contribution in [2.24, 2.45) is 5.92 Å². The third kappa shape index (κ3) is 3.41. The third-order valence-electron chi connectivity index (χ3n) is 4.10. The molecular weight excluding hydrogens is 290 g/mol. The average Bonchev–Trinajstić information content (AvgIpc) is 3.20. The summed E-state index contributed by atoms with van der Waals surface area (Å²) in [5.74, 6) is 1.01. The fraction of sp³-hybridized carbons (Fsp3) is 0.353. The Labute approximate surface area is 134 Å². The molecule has 0 aliphatic carbocycles. The lowest BCUT2D eigenvalue weighted by molar-refractivity contribution is -0.123. The van der Waals surface area contributed by atoms with Crippen molar-refractivity contribution in [1.29, 1.82) is 0 Å². The lowest BCUT2D eigenvalue weighted by atomic mass is 9.98. The van der Waals surface area contributed by atoms with Gasteiger partial charge in [-0.25, -0.2) is 4.98 Å². The van der Waals surface area contributed by atoms with Gasteiger partial charge in [-0.3, -0.25) is 9.48 Å². The van der Waals surface area contributed by atoms with Gasteiger partial charge in [0.1, 0.15) is 12.4 Å². The van der Waals surface area contributed by atoms with Crippen molar-refractivity contribution in [3.05, 3.63) is 48.5 Å². The van der Waals surface area contributed by atoms with Crippen molar-refractivity contribution in [3.8, 4) is 0 Å². The highest BCUT2D eigenvalue weighted by Crippen LogP contribution is 2.24. The van der Waals surface area contributed by atoms with E-state index in [1.165, 1.54) is 0 Å². The van der Waals surface area contributed by atoms with Crippen molar-refractivity contribution in [2.75, 3.05) is 0 Å². The number of nitrogens with zero attached hydrogens (tertiary/aromatic N) is 3. The van der Waals surface area contributed by atoms with Crippen molar-refractivity contribution in [1.82, 2.24) is 25.1 Å². The van der Waals surface area contributed by atoms with E-state index in [0.29, 0.717) is 0 Å². The smallest absolute Gasteiger partial charge is 0.242 e. The molecule has 3 aromatic rings. The van der Waals surface area contributed by atoms with Crippen LogP contribution in [0.25, 0.3) is 11.0 Å². The van der Waals surface area contributed by atoms with Crippen LogP contribution in [-0.4, -0.2) is 25.7 Å². The number of H-pyrrole nitrogens is 1. The molecule has 1 amide bonds. The number of aromatic amines is 1. The minimum Gasteiger partial charge on any atom is -0.344 e. The highest BCUT2D eigenvalue weighted by Gasteiger charge is 2.23. The Hall–Kier alpha value is -2.63. The Morgan fingerprint density at radius 3 is 2.87 bits per heavy atom. The number of fused-ring (bicyclic) bond motifs is 1. The Bertz CT molecular complexity index is 744. The number of hydrogen-bond acceptors (Lipinski definition) is 3. The molecule has 2 heterocycles. The Kier molecular flexibility index (Phi) is 4.41. The molecule has 0 aliphatic heterocycles. The number of carbonyl (C=O) groups excluding carboxylic acids is 1. The molecule has 6 heteroatoms. The van der Waals surface area contributed by atoms with Gasteiger partial charge in [0, 0.05) is 12.4 Å². The SMILES string of the molecule is CC[C@@H](C)[C@@H](NC(=O)Cn1cccn1)c1nc2ccccc2[nH]1. The van der Waals surface area contributed by atoms with Gasteiger partial charge in [0.15, 0.2) is 0 Å². The van der Waals surface area contributed by atoms with Gasteiger partial charge >= 0.3 is 0 Å². The molecule has 0 unspecified atom stereocenters. The van der Waals surface area contributed by atoms with Crippen molar-refractivity contribution in [2.45, 2.75) is 32.9 Å². The molecule has 23 heavy (non-hydrogen) atoms. The first kappa shape index (κ1) is 15.3. The first-order valence-electron chi connectivity index (χ1n) is 7.88. The molecule has 2 aromatic heterocycles. The molecule has 6 nitrogen and oxygen atoms in total. The van der Waals surface area contributed by atoms with E-state index in [-0.39, 0.29) is 24.4 Å². The van der Waals surface area contributed by atoms with Crippen LogP contribution in [-0.2, 0) is 11.3 Å². The van der Waals surface area contributed by atoms with Crippen LogP contribution in [0.15, 0.2) is 42.7 Å². The lowest BCUT2D eigenvalue weighted by Gasteiger charge is -2.22. The lowest BCUT2D eigenvalue weighted by Crippen LogP contribution is -2.35. The van der Waals surface area contributed by atoms with Crippen LogP contribution in [0.5, 0.6) is 0 Å². The summed E-state index contributed by atoms with van der Waals surface area (Å²) in [6.07, 6.45) is 4.39. The topological polar surface area (TPSA) is 75.6 Å². The van der Waals surface area contributed by atoms with Gasteiger partial charge < -0.3 is 10.3 Å². The monoisotopic (exact) mass is 311 g/mol. The van der Waals surface area contributed by atoms with Gasteiger partial charge in [-0.15, -0.1) is 0 Å². The number of benzene rings is 1. The molecule has 0 saturated heterocycles. The van der Waals surface area contributed by atoms with Gasteiger partial charge in [-0.2, -0.15) is 5.10 Å². The molecule has 0 radical (unpaired) electrons. The number of imidazole rings is 1. The molecule has 2 atom stereocenters. The first-order valence-corrected chi connectivity index (χ1v) is 7.88. The highest BCUT2D eigenvalue weighted by molar-refractivity contribution is 5.77. The van der Waals surface area contributed by atoms with E-state index in [2.05, 4.69) is 34.2 Å². The molecule has 0 saturated carbocycles. The summed E-state index contributed by atoms with van der Waals surface area (Å²) in [6, 6.07) is 9.55. The van der Waals surface area contributed by atoms with E-state index < -0.39 is 0 Å². The molecule has 0 aliphatic rings. The second-order valence-corrected chi connectivity index (χ2v) is 5.77. The van der Waals surface area contributed by atoms with Crippen LogP contribution < -0.4 is 5.32 Å². The van der Waals surface area contributed by atoms with Crippen LogP contribution in [0.3, 0.4) is 0 Å². The summed E-state index contributed by atoms with van der Waals surface area (Å²) >= 11 is 0. The van der Waals surface area contributed by atoms with Gasteiger partial charge in [0.25, 0.3) is 0 Å². The summed E-state index contributed by atoms with van der Waals surface area (Å²) in [4.78, 5) is 20.3. The van der Waals surface area contributed by atoms with Crippen LogP contribution in [0.4, 0.5) is 0 Å². The maximum atomic E-state index is 12.3. The summed E-state index contributed by atoms with van der Waals surface area (Å²) in [7, 11) is 0. The van der Waals surface area contributed by atoms with Crippen molar-refractivity contribution in [3.63, 3.8) is 0 Å². The molecular formula is C17H21N5O. The van der Waals surface area contributed by atoms with Gasteiger partial charge in [-0.1, -0.05) is 32.4 Å². The van der Waals surface area contributed by atoms with Gasteiger partial charge in [0.2, 0.25) is 5.91 Å². The Morgan fingerprint density at radius 2 is 2.17 bits per heavy atom. The van der Waals surface area contributed by atoms with Crippen LogP contribution in [0.1, 0.15) is 32.1 Å². The zero-order valence-electron chi connectivity index (χ0n) is 13.4. The number of hydrogen-bond donors (Lipinski definition) is 2. The van der Waals surface area contributed by atoms with Crippen LogP contribution in [0, 0.1) is 5.92 Å². The fourth-order valence-electron chi connectivity index (χ4n) is 2.60. The summed E-state index contributed by atoms with van der Waals surface area (Å²) < 4.78 is 1.61. The average molecular weight is 311 g/mol. The van der Waals surface area contributed by atoms with E-state index >= 15 is 0 Å². The van der Waals surface area contributed by atoms with E-state index in [1.54, 1.807) is 23.1 Å². The predicted molar refractivity (Wildman–Crippen MR) is 88.7 cm³/mol. The standard InChI is InChI=1S/C17H21N5O/c1-3-12(2)16(21-15(23)11-22-10-6-9-18-22)17-19-13-7-4-5-8-14(13)20-17/h4-10,12,16H,3,11H2,1-2H3,(H,19,20)(H,21,23)/t12-,16-/m1/s1. The number of nitrogens with one attached hydrogen (secondary N) is 2. The molecule has 120 valence electrons.